The zero-order valence-electron chi connectivity index (χ0n) is 16.6. The zero-order valence-corrected chi connectivity index (χ0v) is 17.4. The molecule has 2 aromatic carbocycles. The van der Waals surface area contributed by atoms with Gasteiger partial charge >= 0.3 is 0 Å². The van der Waals surface area contributed by atoms with E-state index in [4.69, 9.17) is 4.74 Å². The summed E-state index contributed by atoms with van der Waals surface area (Å²) in [4.78, 5) is 29.8. The second kappa shape index (κ2) is 9.34. The van der Waals surface area contributed by atoms with Crippen LogP contribution in [0.15, 0.2) is 48.5 Å². The minimum absolute atomic E-state index is 0.105. The molecule has 29 heavy (non-hydrogen) atoms. The molecule has 150 valence electrons. The van der Waals surface area contributed by atoms with E-state index in [9.17, 15) is 9.59 Å². The predicted molar refractivity (Wildman–Crippen MR) is 115 cm³/mol. The molecule has 0 bridgehead atoms. The Morgan fingerprint density at radius 2 is 1.86 bits per heavy atom. The average Bonchev–Trinajstić information content (AvgIpc) is 3.07. The lowest BCUT2D eigenvalue weighted by Gasteiger charge is -2.06. The van der Waals surface area contributed by atoms with Gasteiger partial charge in [0, 0.05) is 18.3 Å². The molecule has 0 spiro atoms. The number of hydrogen-bond acceptors (Lipinski definition) is 5. The van der Waals surface area contributed by atoms with Crippen molar-refractivity contribution in [2.45, 2.75) is 26.8 Å². The monoisotopic (exact) mass is 409 g/mol. The molecule has 0 aliphatic carbocycles. The van der Waals surface area contributed by atoms with Gasteiger partial charge in [-0.15, -0.1) is 11.3 Å². The number of carbonyl (C=O) groups is 2. The van der Waals surface area contributed by atoms with Crippen molar-refractivity contribution in [1.82, 2.24) is 10.3 Å². The van der Waals surface area contributed by atoms with Crippen LogP contribution in [0.3, 0.4) is 0 Å². The molecule has 1 aromatic heterocycles. The van der Waals surface area contributed by atoms with E-state index in [1.807, 2.05) is 31.2 Å². The van der Waals surface area contributed by atoms with Gasteiger partial charge in [-0.05, 0) is 31.5 Å². The van der Waals surface area contributed by atoms with Gasteiger partial charge in [-0.3, -0.25) is 9.59 Å². The van der Waals surface area contributed by atoms with E-state index in [-0.39, 0.29) is 18.2 Å². The molecule has 0 aliphatic heterocycles. The quantitative estimate of drug-likeness (QED) is 0.621. The van der Waals surface area contributed by atoms with E-state index >= 15 is 0 Å². The summed E-state index contributed by atoms with van der Waals surface area (Å²) in [5, 5.41) is 6.33. The Morgan fingerprint density at radius 1 is 1.10 bits per heavy atom. The van der Waals surface area contributed by atoms with Crippen molar-refractivity contribution in [3.05, 3.63) is 75.2 Å². The van der Waals surface area contributed by atoms with Crippen LogP contribution >= 0.6 is 11.3 Å². The Labute approximate surface area is 173 Å². The van der Waals surface area contributed by atoms with Crippen LogP contribution in [0.1, 0.15) is 31.5 Å². The normalized spacial score (nSPS) is 10.4. The van der Waals surface area contributed by atoms with Crippen LogP contribution < -0.4 is 15.4 Å². The number of rotatable bonds is 7. The van der Waals surface area contributed by atoms with Crippen molar-refractivity contribution >= 4 is 28.8 Å². The Morgan fingerprint density at radius 3 is 2.59 bits per heavy atom. The summed E-state index contributed by atoms with van der Waals surface area (Å²) in [6, 6.07) is 15.1. The summed E-state index contributed by atoms with van der Waals surface area (Å²) < 4.78 is 5.15. The van der Waals surface area contributed by atoms with Gasteiger partial charge in [-0.25, -0.2) is 4.98 Å². The molecule has 0 radical (unpaired) electrons. The molecule has 0 atom stereocenters. The standard InChI is InChI=1S/C22H23N3O3S/c1-14-7-9-16(10-8-14)13-23-22(27)21-15(2)24-20(29-21)12-19(26)25-17-5-4-6-18(11-17)28-3/h4-11H,12-13H2,1-3H3,(H,23,27)(H,25,26). The molecule has 2 amide bonds. The molecule has 0 fully saturated rings. The maximum Gasteiger partial charge on any atom is 0.263 e. The number of thiazole rings is 1. The van der Waals surface area contributed by atoms with Gasteiger partial charge in [0.1, 0.15) is 15.6 Å². The number of amides is 2. The highest BCUT2D eigenvalue weighted by Gasteiger charge is 2.17. The molecular weight excluding hydrogens is 386 g/mol. The number of nitrogens with zero attached hydrogens (tertiary/aromatic N) is 1. The molecule has 3 aromatic rings. The Balaban J connectivity index is 1.59. The maximum absolute atomic E-state index is 12.5. The van der Waals surface area contributed by atoms with Crippen LogP contribution in [0.25, 0.3) is 0 Å². The third kappa shape index (κ3) is 5.65. The topological polar surface area (TPSA) is 80.3 Å². The summed E-state index contributed by atoms with van der Waals surface area (Å²) in [6.45, 7) is 4.25. The van der Waals surface area contributed by atoms with Gasteiger partial charge in [0.05, 0.1) is 19.2 Å². The van der Waals surface area contributed by atoms with Crippen LogP contribution in [0.5, 0.6) is 5.75 Å². The summed E-state index contributed by atoms with van der Waals surface area (Å²) in [6.07, 6.45) is 0.105. The third-order valence-electron chi connectivity index (χ3n) is 4.29. The largest absolute Gasteiger partial charge is 0.497 e. The molecule has 2 N–H and O–H groups in total. The average molecular weight is 410 g/mol. The minimum Gasteiger partial charge on any atom is -0.497 e. The summed E-state index contributed by atoms with van der Waals surface area (Å²) in [5.41, 5.74) is 3.48. The summed E-state index contributed by atoms with van der Waals surface area (Å²) >= 11 is 1.24. The highest BCUT2D eigenvalue weighted by molar-refractivity contribution is 7.13. The second-order valence-electron chi connectivity index (χ2n) is 6.65. The molecule has 7 heteroatoms. The highest BCUT2D eigenvalue weighted by atomic mass is 32.1. The summed E-state index contributed by atoms with van der Waals surface area (Å²) in [7, 11) is 1.57. The van der Waals surface area contributed by atoms with Gasteiger partial charge in [0.2, 0.25) is 5.91 Å². The molecule has 0 unspecified atom stereocenters. The van der Waals surface area contributed by atoms with Gasteiger partial charge < -0.3 is 15.4 Å². The van der Waals surface area contributed by atoms with E-state index in [1.165, 1.54) is 16.9 Å². The van der Waals surface area contributed by atoms with Crippen LogP contribution in [0.2, 0.25) is 0 Å². The first-order valence-corrected chi connectivity index (χ1v) is 10.00. The molecule has 0 aliphatic rings. The number of carbonyl (C=O) groups excluding carboxylic acids is 2. The Bertz CT molecular complexity index is 1010. The summed E-state index contributed by atoms with van der Waals surface area (Å²) in [5.74, 6) is 0.291. The number of benzene rings is 2. The van der Waals surface area contributed by atoms with Crippen molar-refractivity contribution in [1.29, 1.82) is 0 Å². The van der Waals surface area contributed by atoms with Crippen molar-refractivity contribution in [3.8, 4) is 5.75 Å². The SMILES string of the molecule is COc1cccc(NC(=O)Cc2nc(C)c(C(=O)NCc3ccc(C)cc3)s2)c1. The number of ether oxygens (including phenoxy) is 1. The van der Waals surface area contributed by atoms with Crippen LogP contribution in [-0.2, 0) is 17.8 Å². The molecule has 0 saturated heterocycles. The van der Waals surface area contributed by atoms with Gasteiger partial charge in [-0.2, -0.15) is 0 Å². The lowest BCUT2D eigenvalue weighted by atomic mass is 10.1. The Hall–Kier alpha value is -3.19. The van der Waals surface area contributed by atoms with Crippen molar-refractivity contribution in [2.24, 2.45) is 0 Å². The van der Waals surface area contributed by atoms with Crippen LogP contribution in [0, 0.1) is 13.8 Å². The van der Waals surface area contributed by atoms with Gasteiger partial charge in [-0.1, -0.05) is 35.9 Å². The van der Waals surface area contributed by atoms with Crippen molar-refractivity contribution < 1.29 is 14.3 Å². The number of methoxy groups -OCH3 is 1. The number of aryl methyl sites for hydroxylation is 2. The van der Waals surface area contributed by atoms with E-state index < -0.39 is 0 Å². The first-order valence-electron chi connectivity index (χ1n) is 9.18. The fraction of sp³-hybridized carbons (Fsp3) is 0.227. The van der Waals surface area contributed by atoms with E-state index in [0.29, 0.717) is 33.6 Å². The first-order chi connectivity index (χ1) is 13.9. The van der Waals surface area contributed by atoms with Crippen LogP contribution in [-0.4, -0.2) is 23.9 Å². The maximum atomic E-state index is 12.5. The number of nitrogens with one attached hydrogen (secondary N) is 2. The van der Waals surface area contributed by atoms with E-state index in [1.54, 1.807) is 38.3 Å². The molecule has 3 rings (SSSR count). The Kier molecular flexibility index (Phi) is 6.61. The first kappa shape index (κ1) is 20.5. The molecule has 1 heterocycles. The number of aromatic nitrogens is 1. The van der Waals surface area contributed by atoms with Gasteiger partial charge in [0.25, 0.3) is 5.91 Å². The fourth-order valence-electron chi connectivity index (χ4n) is 2.75. The number of anilines is 1. The van der Waals surface area contributed by atoms with Crippen LogP contribution in [0.4, 0.5) is 5.69 Å². The van der Waals surface area contributed by atoms with E-state index in [2.05, 4.69) is 15.6 Å². The van der Waals surface area contributed by atoms with Gasteiger partial charge in [0.15, 0.2) is 0 Å². The highest BCUT2D eigenvalue weighted by Crippen LogP contribution is 2.20. The molecular formula is C22H23N3O3S. The lowest BCUT2D eigenvalue weighted by molar-refractivity contribution is -0.115. The van der Waals surface area contributed by atoms with Crippen molar-refractivity contribution in [3.63, 3.8) is 0 Å². The predicted octanol–water partition coefficient (Wildman–Crippen LogP) is 3.88. The zero-order chi connectivity index (χ0) is 20.8. The molecule has 6 nitrogen and oxygen atoms in total. The fourth-order valence-corrected chi connectivity index (χ4v) is 3.73. The smallest absolute Gasteiger partial charge is 0.263 e. The minimum atomic E-state index is -0.196. The van der Waals surface area contributed by atoms with E-state index in [0.717, 1.165) is 5.56 Å². The second-order valence-corrected chi connectivity index (χ2v) is 7.73. The third-order valence-corrected chi connectivity index (χ3v) is 5.44. The van der Waals surface area contributed by atoms with Crippen molar-refractivity contribution in [2.75, 3.05) is 12.4 Å². The number of hydrogen-bond donors (Lipinski definition) is 2. The lowest BCUT2D eigenvalue weighted by Crippen LogP contribution is -2.22. The molecule has 0 saturated carbocycles.